The molecule has 2 aromatic carbocycles. The van der Waals surface area contributed by atoms with E-state index in [1.54, 1.807) is 49.1 Å². The zero-order chi connectivity index (χ0) is 29.0. The number of hydrogen-bond donors (Lipinski definition) is 5. The Labute approximate surface area is 232 Å². The van der Waals surface area contributed by atoms with Crippen molar-refractivity contribution in [3.63, 3.8) is 0 Å². The van der Waals surface area contributed by atoms with E-state index < -0.39 is 47.4 Å². The molecule has 5 N–H and O–H groups in total. The maximum atomic E-state index is 13.4. The van der Waals surface area contributed by atoms with Crippen molar-refractivity contribution in [1.82, 2.24) is 15.5 Å². The lowest BCUT2D eigenvalue weighted by Crippen LogP contribution is -2.58. The minimum Gasteiger partial charge on any atom is -0.480 e. The predicted molar refractivity (Wildman–Crippen MR) is 148 cm³/mol. The molecular weight excluding hydrogens is 524 g/mol. The number of benzene rings is 2. The van der Waals surface area contributed by atoms with Crippen LogP contribution in [0.2, 0.25) is 5.02 Å². The standard InChI is InChI=1S/C28H35ClN4O6/c1-17(18(2)31-24(36)19-6-5-7-22(14-19)32-26(38)30-15-23(34)35)25(37)33-13-12-28(39,27(3,4)16-33)20-8-10-21(29)11-9-20/h5-11,14,17-18,39H,12-13,15-16H2,1-4H3,(H,31,36)(H,34,35)(H2,30,32,38)/t17-,18?,28+/m1/s1. The Balaban J connectivity index is 1.61. The summed E-state index contributed by atoms with van der Waals surface area (Å²) >= 11 is 6.02. The van der Waals surface area contributed by atoms with Crippen molar-refractivity contribution in [2.24, 2.45) is 11.3 Å². The molecule has 39 heavy (non-hydrogen) atoms. The van der Waals surface area contributed by atoms with Crippen LogP contribution in [-0.2, 0) is 15.2 Å². The second-order valence-corrected chi connectivity index (χ2v) is 11.0. The lowest BCUT2D eigenvalue weighted by Gasteiger charge is -2.51. The Morgan fingerprint density at radius 3 is 2.36 bits per heavy atom. The number of nitrogens with one attached hydrogen (secondary N) is 3. The van der Waals surface area contributed by atoms with Gasteiger partial charge in [-0.2, -0.15) is 0 Å². The van der Waals surface area contributed by atoms with E-state index in [1.807, 2.05) is 26.0 Å². The molecule has 1 heterocycles. The van der Waals surface area contributed by atoms with Crippen molar-refractivity contribution in [1.29, 1.82) is 0 Å². The number of carboxylic acid groups (broad SMARTS) is 1. The normalized spacial score (nSPS) is 19.9. The fraction of sp³-hybridized carbons (Fsp3) is 0.429. The van der Waals surface area contributed by atoms with Gasteiger partial charge in [0.05, 0.1) is 11.5 Å². The number of nitrogens with zero attached hydrogens (tertiary/aromatic N) is 1. The van der Waals surface area contributed by atoms with E-state index in [2.05, 4.69) is 16.0 Å². The van der Waals surface area contributed by atoms with E-state index in [4.69, 9.17) is 16.7 Å². The largest absolute Gasteiger partial charge is 0.480 e. The van der Waals surface area contributed by atoms with Gasteiger partial charge in [-0.1, -0.05) is 50.6 Å². The third kappa shape index (κ3) is 7.07. The number of anilines is 1. The number of likely N-dealkylation sites (tertiary alicyclic amines) is 1. The van der Waals surface area contributed by atoms with E-state index in [9.17, 15) is 24.3 Å². The van der Waals surface area contributed by atoms with Crippen molar-refractivity contribution < 1.29 is 29.4 Å². The highest BCUT2D eigenvalue weighted by atomic mass is 35.5. The summed E-state index contributed by atoms with van der Waals surface area (Å²) in [5.74, 6) is -2.26. The number of rotatable bonds is 8. The zero-order valence-corrected chi connectivity index (χ0v) is 23.2. The van der Waals surface area contributed by atoms with Crippen molar-refractivity contribution in [3.05, 3.63) is 64.7 Å². The lowest BCUT2D eigenvalue weighted by molar-refractivity contribution is -0.156. The quantitative estimate of drug-likeness (QED) is 0.335. The van der Waals surface area contributed by atoms with E-state index in [1.165, 1.54) is 6.07 Å². The van der Waals surface area contributed by atoms with Gasteiger partial charge in [0, 0.05) is 40.8 Å². The summed E-state index contributed by atoms with van der Waals surface area (Å²) in [7, 11) is 0. The molecule has 10 nitrogen and oxygen atoms in total. The van der Waals surface area contributed by atoms with Crippen molar-refractivity contribution in [2.45, 2.75) is 45.8 Å². The number of carboxylic acids is 1. The minimum atomic E-state index is -1.18. The molecule has 11 heteroatoms. The summed E-state index contributed by atoms with van der Waals surface area (Å²) in [4.78, 5) is 50.5. The number of hydrogen-bond acceptors (Lipinski definition) is 5. The van der Waals surface area contributed by atoms with Gasteiger partial charge in [0.1, 0.15) is 6.54 Å². The van der Waals surface area contributed by atoms with Crippen LogP contribution in [0, 0.1) is 11.3 Å². The number of aliphatic carboxylic acids is 1. The van der Waals surface area contributed by atoms with Crippen LogP contribution in [0.15, 0.2) is 48.5 Å². The Morgan fingerprint density at radius 2 is 1.74 bits per heavy atom. The first-order valence-corrected chi connectivity index (χ1v) is 13.1. The molecule has 210 valence electrons. The smallest absolute Gasteiger partial charge is 0.323 e. The van der Waals surface area contributed by atoms with Crippen LogP contribution >= 0.6 is 11.6 Å². The average molecular weight is 559 g/mol. The number of piperidine rings is 1. The van der Waals surface area contributed by atoms with Gasteiger partial charge in [-0.3, -0.25) is 14.4 Å². The first-order valence-electron chi connectivity index (χ1n) is 12.7. The molecular formula is C28H35ClN4O6. The molecule has 0 radical (unpaired) electrons. The van der Waals surface area contributed by atoms with Gasteiger partial charge in [0.25, 0.3) is 5.91 Å². The van der Waals surface area contributed by atoms with Crippen LogP contribution in [0.25, 0.3) is 0 Å². The fourth-order valence-corrected chi connectivity index (χ4v) is 4.88. The zero-order valence-electron chi connectivity index (χ0n) is 22.5. The minimum absolute atomic E-state index is 0.125. The number of aliphatic hydroxyl groups is 1. The van der Waals surface area contributed by atoms with Crippen LogP contribution in [0.4, 0.5) is 10.5 Å². The van der Waals surface area contributed by atoms with E-state index >= 15 is 0 Å². The first kappa shape index (κ1) is 29.9. The van der Waals surface area contributed by atoms with Gasteiger partial charge in [0.2, 0.25) is 5.91 Å². The van der Waals surface area contributed by atoms with Gasteiger partial charge >= 0.3 is 12.0 Å². The average Bonchev–Trinajstić information content (AvgIpc) is 2.88. The summed E-state index contributed by atoms with van der Waals surface area (Å²) in [6, 6.07) is 12.1. The maximum Gasteiger partial charge on any atom is 0.323 e. The highest BCUT2D eigenvalue weighted by Gasteiger charge is 2.50. The molecule has 1 aliphatic rings. The molecule has 1 fully saturated rings. The van der Waals surface area contributed by atoms with E-state index in [-0.39, 0.29) is 11.5 Å². The number of carbonyl (C=O) groups is 4. The molecule has 1 saturated heterocycles. The number of amides is 4. The summed E-state index contributed by atoms with van der Waals surface area (Å²) < 4.78 is 0. The first-order chi connectivity index (χ1) is 18.2. The second kappa shape index (κ2) is 12.0. The van der Waals surface area contributed by atoms with Crippen molar-refractivity contribution >= 4 is 41.1 Å². The van der Waals surface area contributed by atoms with Crippen LogP contribution in [-0.4, -0.2) is 64.6 Å². The molecule has 0 bridgehead atoms. The van der Waals surface area contributed by atoms with Crippen LogP contribution in [0.1, 0.15) is 50.0 Å². The molecule has 1 unspecified atom stereocenters. The summed E-state index contributed by atoms with van der Waals surface area (Å²) in [5.41, 5.74) is -0.420. The van der Waals surface area contributed by atoms with Gasteiger partial charge in [-0.05, 0) is 49.2 Å². The third-order valence-electron chi connectivity index (χ3n) is 7.36. The summed E-state index contributed by atoms with van der Waals surface area (Å²) in [5, 5.41) is 28.3. The number of urea groups is 1. The molecule has 0 saturated carbocycles. The molecule has 3 rings (SSSR count). The predicted octanol–water partition coefficient (Wildman–Crippen LogP) is 3.45. The Hall–Kier alpha value is -3.63. The highest BCUT2D eigenvalue weighted by Crippen LogP contribution is 2.46. The summed E-state index contributed by atoms with van der Waals surface area (Å²) in [6.07, 6.45) is 0.362. The third-order valence-corrected chi connectivity index (χ3v) is 7.62. The Kier molecular flexibility index (Phi) is 9.24. The molecule has 0 aromatic heterocycles. The van der Waals surface area contributed by atoms with Gasteiger partial charge < -0.3 is 31.1 Å². The SMILES string of the molecule is CC(NC(=O)c1cccc(NC(=O)NCC(=O)O)c1)[C@@H](C)C(=O)N1CC[C@](O)(c2ccc(Cl)cc2)C(C)(C)C1. The van der Waals surface area contributed by atoms with Gasteiger partial charge in [-0.15, -0.1) is 0 Å². The second-order valence-electron chi connectivity index (χ2n) is 10.6. The highest BCUT2D eigenvalue weighted by molar-refractivity contribution is 6.30. The molecule has 1 aliphatic heterocycles. The topological polar surface area (TPSA) is 148 Å². The van der Waals surface area contributed by atoms with Crippen LogP contribution in [0.3, 0.4) is 0 Å². The molecule has 2 aromatic rings. The Bertz CT molecular complexity index is 1230. The van der Waals surface area contributed by atoms with E-state index in [0.717, 1.165) is 5.56 Å². The lowest BCUT2D eigenvalue weighted by atomic mass is 9.66. The summed E-state index contributed by atoms with van der Waals surface area (Å²) in [6.45, 7) is 7.54. The van der Waals surface area contributed by atoms with E-state index in [0.29, 0.717) is 30.2 Å². The van der Waals surface area contributed by atoms with Crippen molar-refractivity contribution in [2.75, 3.05) is 25.0 Å². The Morgan fingerprint density at radius 1 is 1.08 bits per heavy atom. The van der Waals surface area contributed by atoms with Crippen molar-refractivity contribution in [3.8, 4) is 0 Å². The molecule has 0 spiro atoms. The number of carbonyl (C=O) groups excluding carboxylic acids is 3. The van der Waals surface area contributed by atoms with Gasteiger partial charge in [0.15, 0.2) is 0 Å². The van der Waals surface area contributed by atoms with Crippen LogP contribution in [0.5, 0.6) is 0 Å². The van der Waals surface area contributed by atoms with Gasteiger partial charge in [-0.25, -0.2) is 4.79 Å². The molecule has 4 amide bonds. The number of halogens is 1. The fourth-order valence-electron chi connectivity index (χ4n) is 4.76. The molecule has 0 aliphatic carbocycles. The monoisotopic (exact) mass is 558 g/mol. The molecule has 3 atom stereocenters. The maximum absolute atomic E-state index is 13.4. The van der Waals surface area contributed by atoms with Crippen LogP contribution < -0.4 is 16.0 Å².